The lowest BCUT2D eigenvalue weighted by Crippen LogP contribution is -2.33. The quantitative estimate of drug-likeness (QED) is 0.766. The first-order valence-corrected chi connectivity index (χ1v) is 8.80. The Bertz CT molecular complexity index is 842. The minimum absolute atomic E-state index is 0.00875. The largest absolute Gasteiger partial charge is 0.477 e. The lowest BCUT2D eigenvalue weighted by molar-refractivity contribution is 0.0698. The van der Waals surface area contributed by atoms with Gasteiger partial charge in [-0.3, -0.25) is 0 Å². The van der Waals surface area contributed by atoms with Crippen LogP contribution in [0.4, 0.5) is 5.88 Å². The topological polar surface area (TPSA) is 110 Å². The molecule has 0 aliphatic rings. The molecule has 0 radical (unpaired) electrons. The van der Waals surface area contributed by atoms with Gasteiger partial charge in [-0.25, -0.2) is 17.5 Å². The van der Waals surface area contributed by atoms with Crippen molar-refractivity contribution < 1.29 is 27.6 Å². The molecule has 1 N–H and O–H groups in total. The number of ether oxygens (including phenoxy) is 1. The SMILES string of the molecule is COCN(c1onc(C)c1Cl)S(=O)(=O)c1cc(C)sc1C(=O)O. The normalized spacial score (nSPS) is 11.7. The molecule has 0 bridgehead atoms. The maximum Gasteiger partial charge on any atom is 0.347 e. The third kappa shape index (κ3) is 3.20. The maximum atomic E-state index is 12.9. The summed E-state index contributed by atoms with van der Waals surface area (Å²) >= 11 is 6.87. The van der Waals surface area contributed by atoms with Gasteiger partial charge in [0.05, 0.1) is 0 Å². The molecule has 0 atom stereocenters. The van der Waals surface area contributed by atoms with E-state index in [1.165, 1.54) is 13.2 Å². The van der Waals surface area contributed by atoms with Crippen LogP contribution in [0.3, 0.4) is 0 Å². The molecule has 0 amide bonds. The fourth-order valence-electron chi connectivity index (χ4n) is 1.81. The number of hydrogen-bond acceptors (Lipinski definition) is 7. The van der Waals surface area contributed by atoms with Crippen LogP contribution < -0.4 is 4.31 Å². The highest BCUT2D eigenvalue weighted by atomic mass is 35.5. The first-order chi connectivity index (χ1) is 10.7. The summed E-state index contributed by atoms with van der Waals surface area (Å²) in [6.07, 6.45) is 0. The third-order valence-corrected chi connectivity index (χ3v) is 6.16. The van der Waals surface area contributed by atoms with E-state index in [4.69, 9.17) is 20.9 Å². The summed E-state index contributed by atoms with van der Waals surface area (Å²) in [7, 11) is -2.97. The first-order valence-electron chi connectivity index (χ1n) is 6.17. The van der Waals surface area contributed by atoms with Gasteiger partial charge < -0.3 is 14.4 Å². The minimum atomic E-state index is -4.26. The highest BCUT2D eigenvalue weighted by molar-refractivity contribution is 7.93. The highest BCUT2D eigenvalue weighted by Crippen LogP contribution is 2.35. The molecular formula is C12H13ClN2O6S2. The van der Waals surface area contributed by atoms with E-state index in [9.17, 15) is 18.3 Å². The standard InChI is InChI=1S/C12H13ClN2O6S2/c1-6-4-8(10(22-6)12(16)17)23(18,19)15(5-20-3)11-9(13)7(2)14-21-11/h4H,5H2,1-3H3,(H,16,17). The number of nitrogens with zero attached hydrogens (tertiary/aromatic N) is 2. The molecule has 2 aromatic rings. The minimum Gasteiger partial charge on any atom is -0.477 e. The van der Waals surface area contributed by atoms with E-state index in [-0.39, 0.29) is 20.7 Å². The van der Waals surface area contributed by atoms with Crippen LogP contribution in [-0.2, 0) is 14.8 Å². The number of carboxylic acid groups (broad SMARTS) is 1. The zero-order valence-corrected chi connectivity index (χ0v) is 14.8. The molecule has 0 aromatic carbocycles. The summed E-state index contributed by atoms with van der Waals surface area (Å²) in [6, 6.07) is 1.28. The van der Waals surface area contributed by atoms with E-state index in [0.29, 0.717) is 10.6 Å². The molecule has 2 aromatic heterocycles. The van der Waals surface area contributed by atoms with Crippen molar-refractivity contribution in [2.75, 3.05) is 18.1 Å². The average Bonchev–Trinajstić information content (AvgIpc) is 3.01. The number of aromatic carboxylic acids is 1. The van der Waals surface area contributed by atoms with Crippen molar-refractivity contribution in [2.24, 2.45) is 0 Å². The number of aryl methyl sites for hydroxylation is 2. The Hall–Kier alpha value is -1.62. The lowest BCUT2D eigenvalue weighted by atomic mass is 10.4. The summed E-state index contributed by atoms with van der Waals surface area (Å²) in [5.41, 5.74) is 0.304. The maximum absolute atomic E-state index is 12.9. The molecule has 0 saturated carbocycles. The van der Waals surface area contributed by atoms with E-state index < -0.39 is 22.7 Å². The van der Waals surface area contributed by atoms with Crippen LogP contribution in [0.1, 0.15) is 20.2 Å². The molecular weight excluding hydrogens is 368 g/mol. The Morgan fingerprint density at radius 1 is 1.52 bits per heavy atom. The number of aromatic nitrogens is 1. The number of halogens is 1. The molecule has 11 heteroatoms. The van der Waals surface area contributed by atoms with Crippen molar-refractivity contribution in [3.05, 3.63) is 26.5 Å². The van der Waals surface area contributed by atoms with Gasteiger partial charge in [-0.05, 0) is 19.9 Å². The number of carbonyl (C=O) groups is 1. The van der Waals surface area contributed by atoms with Gasteiger partial charge in [0.2, 0.25) is 0 Å². The number of carboxylic acids is 1. The van der Waals surface area contributed by atoms with Crippen molar-refractivity contribution in [3.63, 3.8) is 0 Å². The number of anilines is 1. The predicted molar refractivity (Wildman–Crippen MR) is 83.8 cm³/mol. The summed E-state index contributed by atoms with van der Waals surface area (Å²) < 4.78 is 36.3. The number of methoxy groups -OCH3 is 1. The Morgan fingerprint density at radius 3 is 2.65 bits per heavy atom. The summed E-state index contributed by atoms with van der Waals surface area (Å²) in [5.74, 6) is -1.56. The number of sulfonamides is 1. The fraction of sp³-hybridized carbons (Fsp3) is 0.333. The number of thiophene rings is 1. The lowest BCUT2D eigenvalue weighted by Gasteiger charge is -2.20. The highest BCUT2D eigenvalue weighted by Gasteiger charge is 2.35. The molecule has 0 unspecified atom stereocenters. The van der Waals surface area contributed by atoms with Crippen LogP contribution in [-0.4, -0.2) is 38.5 Å². The molecule has 126 valence electrons. The summed E-state index contributed by atoms with van der Waals surface area (Å²) in [4.78, 5) is 11.2. The van der Waals surface area contributed by atoms with Gasteiger partial charge in [-0.2, -0.15) is 0 Å². The third-order valence-electron chi connectivity index (χ3n) is 2.83. The zero-order valence-electron chi connectivity index (χ0n) is 12.4. The van der Waals surface area contributed by atoms with Gasteiger partial charge in [0.25, 0.3) is 15.9 Å². The molecule has 0 aliphatic carbocycles. The molecule has 0 spiro atoms. The molecule has 2 rings (SSSR count). The molecule has 2 heterocycles. The van der Waals surface area contributed by atoms with E-state index in [1.807, 2.05) is 0 Å². The fourth-order valence-corrected chi connectivity index (χ4v) is 4.76. The van der Waals surface area contributed by atoms with Crippen LogP contribution in [0.5, 0.6) is 0 Å². The second-order valence-electron chi connectivity index (χ2n) is 4.51. The molecule has 0 aliphatic heterocycles. The van der Waals surface area contributed by atoms with E-state index in [1.54, 1.807) is 13.8 Å². The van der Waals surface area contributed by atoms with Gasteiger partial charge in [0.15, 0.2) is 0 Å². The predicted octanol–water partition coefficient (Wildman–Crippen LogP) is 2.50. The smallest absolute Gasteiger partial charge is 0.347 e. The monoisotopic (exact) mass is 380 g/mol. The van der Waals surface area contributed by atoms with Crippen LogP contribution in [0.15, 0.2) is 15.5 Å². The summed E-state index contributed by atoms with van der Waals surface area (Å²) in [5, 5.41) is 12.8. The van der Waals surface area contributed by atoms with Gasteiger partial charge >= 0.3 is 5.97 Å². The van der Waals surface area contributed by atoms with Crippen molar-refractivity contribution in [3.8, 4) is 0 Å². The Balaban J connectivity index is 2.63. The molecule has 23 heavy (non-hydrogen) atoms. The number of rotatable bonds is 6. The molecule has 0 saturated heterocycles. The second kappa shape index (κ2) is 6.48. The van der Waals surface area contributed by atoms with E-state index in [0.717, 1.165) is 15.6 Å². The van der Waals surface area contributed by atoms with Crippen molar-refractivity contribution >= 4 is 44.8 Å². The zero-order chi connectivity index (χ0) is 17.4. The number of hydrogen-bond donors (Lipinski definition) is 1. The van der Waals surface area contributed by atoms with E-state index in [2.05, 4.69) is 5.16 Å². The van der Waals surface area contributed by atoms with Crippen molar-refractivity contribution in [1.29, 1.82) is 0 Å². The van der Waals surface area contributed by atoms with Gasteiger partial charge in [0, 0.05) is 12.0 Å². The van der Waals surface area contributed by atoms with Crippen LogP contribution in [0, 0.1) is 13.8 Å². The van der Waals surface area contributed by atoms with Crippen molar-refractivity contribution in [1.82, 2.24) is 5.16 Å². The van der Waals surface area contributed by atoms with E-state index >= 15 is 0 Å². The Morgan fingerprint density at radius 2 is 2.17 bits per heavy atom. The average molecular weight is 381 g/mol. The molecule has 0 fully saturated rings. The van der Waals surface area contributed by atoms with Crippen LogP contribution in [0.25, 0.3) is 0 Å². The van der Waals surface area contributed by atoms with Gasteiger partial charge in [0.1, 0.15) is 27.2 Å². The van der Waals surface area contributed by atoms with Gasteiger partial charge in [-0.15, -0.1) is 11.3 Å². The molecule has 8 nitrogen and oxygen atoms in total. The summed E-state index contributed by atoms with van der Waals surface area (Å²) in [6.45, 7) is 2.75. The van der Waals surface area contributed by atoms with Crippen LogP contribution >= 0.6 is 22.9 Å². The second-order valence-corrected chi connectivity index (χ2v) is 7.98. The Labute approximate surface area is 141 Å². The Kier molecular flexibility index (Phi) is 4.99. The van der Waals surface area contributed by atoms with Crippen molar-refractivity contribution in [2.45, 2.75) is 18.7 Å². The van der Waals surface area contributed by atoms with Gasteiger partial charge in [-0.1, -0.05) is 16.8 Å². The van der Waals surface area contributed by atoms with Crippen LogP contribution in [0.2, 0.25) is 5.02 Å². The first kappa shape index (κ1) is 17.7.